The molecular formula is C27H22F4N2O. The lowest BCUT2D eigenvalue weighted by Gasteiger charge is -2.15. The number of carbonyl (C=O) groups is 1. The Bertz CT molecular complexity index is 1180. The lowest BCUT2D eigenvalue weighted by Crippen LogP contribution is -2.13. The Kier molecular flexibility index (Phi) is 8.29. The topological polar surface area (TPSA) is 69.1 Å². The summed E-state index contributed by atoms with van der Waals surface area (Å²) in [6.07, 6.45) is -0.0492. The molecular weight excluding hydrogens is 444 g/mol. The van der Waals surface area contributed by atoms with Gasteiger partial charge in [0.25, 0.3) is 0 Å². The minimum Gasteiger partial charge on any atom is -0.289 e. The van der Waals surface area contributed by atoms with Gasteiger partial charge in [0.15, 0.2) is 29.1 Å². The number of hydrogen-bond donors (Lipinski definition) is 2. The van der Waals surface area contributed by atoms with Gasteiger partial charge in [0.2, 0.25) is 0 Å². The highest BCUT2D eigenvalue weighted by Gasteiger charge is 2.24. The minimum absolute atomic E-state index is 0.0246. The van der Waals surface area contributed by atoms with E-state index in [1.807, 2.05) is 0 Å². The van der Waals surface area contributed by atoms with E-state index in [0.717, 1.165) is 12.1 Å². The Morgan fingerprint density at radius 1 is 0.559 bits per heavy atom. The number of nitrogens with two attached hydrogens (primary N) is 2. The highest BCUT2D eigenvalue weighted by molar-refractivity contribution is 6.11. The highest BCUT2D eigenvalue weighted by Crippen LogP contribution is 2.27. The Labute approximate surface area is 194 Å². The normalized spacial score (nSPS) is 10.4. The maximum Gasteiger partial charge on any atom is 0.193 e. The molecule has 0 aliphatic carbocycles. The van der Waals surface area contributed by atoms with Crippen LogP contribution in [0.25, 0.3) is 0 Å². The van der Waals surface area contributed by atoms with Gasteiger partial charge in [0.1, 0.15) is 0 Å². The number of ketones is 1. The number of hydrogen-bond acceptors (Lipinski definition) is 3. The summed E-state index contributed by atoms with van der Waals surface area (Å²) in [5, 5.41) is 0. The lowest BCUT2D eigenvalue weighted by molar-refractivity contribution is 0.103. The van der Waals surface area contributed by atoms with Crippen molar-refractivity contribution in [2.45, 2.75) is 12.8 Å². The van der Waals surface area contributed by atoms with Crippen molar-refractivity contribution in [1.82, 2.24) is 0 Å². The molecule has 3 nitrogen and oxygen atoms in total. The van der Waals surface area contributed by atoms with Gasteiger partial charge in [0.05, 0.1) is 0 Å². The third-order valence-electron chi connectivity index (χ3n) is 5.33. The third kappa shape index (κ3) is 5.39. The van der Waals surface area contributed by atoms with Crippen LogP contribution in [0.5, 0.6) is 0 Å². The summed E-state index contributed by atoms with van der Waals surface area (Å²) in [5.41, 5.74) is 0.927. The van der Waals surface area contributed by atoms with Gasteiger partial charge in [0, 0.05) is 35.1 Å². The standard InChI is InChI=1S/C27H18F4O.H4N2/c28-23-13-11-19(21(25(23)30)15-17-7-3-1-4-8-17)27(32)20-12-14-24(29)26(31)22(20)16-18-9-5-2-6-10-18;1-2/h1-14H,15-16H2;1-2H2. The van der Waals surface area contributed by atoms with E-state index in [1.54, 1.807) is 60.7 Å². The molecule has 4 rings (SSSR count). The number of benzene rings is 4. The van der Waals surface area contributed by atoms with E-state index in [4.69, 9.17) is 0 Å². The van der Waals surface area contributed by atoms with Crippen LogP contribution in [0.4, 0.5) is 17.6 Å². The quantitative estimate of drug-likeness (QED) is 0.171. The molecule has 4 aromatic carbocycles. The number of rotatable bonds is 6. The molecule has 0 aliphatic rings. The predicted molar refractivity (Wildman–Crippen MR) is 123 cm³/mol. The van der Waals surface area contributed by atoms with Gasteiger partial charge in [-0.05, 0) is 35.4 Å². The van der Waals surface area contributed by atoms with Crippen LogP contribution >= 0.6 is 0 Å². The second kappa shape index (κ2) is 11.4. The number of halogens is 4. The molecule has 0 aliphatic heterocycles. The molecule has 0 unspecified atom stereocenters. The van der Waals surface area contributed by atoms with Gasteiger partial charge in [-0.15, -0.1) is 0 Å². The minimum atomic E-state index is -1.13. The second-order valence-corrected chi connectivity index (χ2v) is 7.43. The largest absolute Gasteiger partial charge is 0.289 e. The van der Waals surface area contributed by atoms with Crippen molar-refractivity contribution in [1.29, 1.82) is 0 Å². The first kappa shape index (κ1) is 24.8. The van der Waals surface area contributed by atoms with Gasteiger partial charge in [-0.25, -0.2) is 17.6 Å². The van der Waals surface area contributed by atoms with Crippen molar-refractivity contribution in [3.8, 4) is 0 Å². The molecule has 4 aromatic rings. The molecule has 0 heterocycles. The summed E-state index contributed by atoms with van der Waals surface area (Å²) < 4.78 is 57.5. The summed E-state index contributed by atoms with van der Waals surface area (Å²) >= 11 is 0. The summed E-state index contributed by atoms with van der Waals surface area (Å²) in [6, 6.07) is 21.6. The summed E-state index contributed by atoms with van der Waals surface area (Å²) in [6.45, 7) is 0. The molecule has 0 amide bonds. The first-order valence-corrected chi connectivity index (χ1v) is 10.4. The van der Waals surface area contributed by atoms with Crippen LogP contribution < -0.4 is 11.7 Å². The summed E-state index contributed by atoms with van der Waals surface area (Å²) in [5.74, 6) is 2.88. The first-order chi connectivity index (χ1) is 16.5. The average molecular weight is 466 g/mol. The van der Waals surface area contributed by atoms with Crippen LogP contribution in [0, 0.1) is 23.3 Å². The molecule has 0 bridgehead atoms. The molecule has 0 fully saturated rings. The number of carbonyl (C=O) groups excluding carboxylic acids is 1. The molecule has 7 heteroatoms. The molecule has 0 saturated carbocycles. The van der Waals surface area contributed by atoms with Crippen molar-refractivity contribution < 1.29 is 22.4 Å². The maximum absolute atomic E-state index is 14.8. The Hall–Kier alpha value is -3.81. The Morgan fingerprint density at radius 3 is 1.26 bits per heavy atom. The predicted octanol–water partition coefficient (Wildman–Crippen LogP) is 5.47. The average Bonchev–Trinajstić information content (AvgIpc) is 2.87. The van der Waals surface area contributed by atoms with E-state index in [9.17, 15) is 22.4 Å². The number of hydrazine groups is 1. The molecule has 0 atom stereocenters. The zero-order chi connectivity index (χ0) is 24.7. The Balaban J connectivity index is 0.00000158. The second-order valence-electron chi connectivity index (χ2n) is 7.43. The molecule has 0 aromatic heterocycles. The fourth-order valence-electron chi connectivity index (χ4n) is 3.70. The fraction of sp³-hybridized carbons (Fsp3) is 0.0741. The van der Waals surface area contributed by atoms with Crippen LogP contribution in [0.15, 0.2) is 84.9 Å². The Morgan fingerprint density at radius 2 is 0.912 bits per heavy atom. The SMILES string of the molecule is NN.O=C(c1ccc(F)c(F)c1Cc1ccccc1)c1ccc(F)c(F)c1Cc1ccccc1. The zero-order valence-corrected chi connectivity index (χ0v) is 18.1. The van der Waals surface area contributed by atoms with Gasteiger partial charge in [-0.1, -0.05) is 60.7 Å². The lowest BCUT2D eigenvalue weighted by atomic mass is 9.89. The van der Waals surface area contributed by atoms with Crippen molar-refractivity contribution in [3.05, 3.63) is 142 Å². The van der Waals surface area contributed by atoms with Crippen LogP contribution in [0.2, 0.25) is 0 Å². The maximum atomic E-state index is 14.8. The van der Waals surface area contributed by atoms with Crippen LogP contribution in [-0.2, 0) is 12.8 Å². The summed E-state index contributed by atoms with van der Waals surface area (Å²) in [7, 11) is 0. The first-order valence-electron chi connectivity index (χ1n) is 10.4. The molecule has 174 valence electrons. The third-order valence-corrected chi connectivity index (χ3v) is 5.33. The van der Waals surface area contributed by atoms with Gasteiger partial charge in [-0.3, -0.25) is 16.5 Å². The molecule has 0 spiro atoms. The van der Waals surface area contributed by atoms with Crippen molar-refractivity contribution in [3.63, 3.8) is 0 Å². The smallest absolute Gasteiger partial charge is 0.193 e. The van der Waals surface area contributed by atoms with Gasteiger partial charge in [-0.2, -0.15) is 0 Å². The van der Waals surface area contributed by atoms with E-state index in [0.29, 0.717) is 11.1 Å². The zero-order valence-electron chi connectivity index (χ0n) is 18.1. The highest BCUT2D eigenvalue weighted by atomic mass is 19.2. The van der Waals surface area contributed by atoms with Crippen LogP contribution in [0.3, 0.4) is 0 Å². The van der Waals surface area contributed by atoms with E-state index >= 15 is 0 Å². The molecule has 4 N–H and O–H groups in total. The van der Waals surface area contributed by atoms with Gasteiger partial charge < -0.3 is 0 Å². The van der Waals surface area contributed by atoms with Crippen molar-refractivity contribution in [2.75, 3.05) is 0 Å². The van der Waals surface area contributed by atoms with Crippen molar-refractivity contribution in [2.24, 2.45) is 11.7 Å². The van der Waals surface area contributed by atoms with Crippen molar-refractivity contribution >= 4 is 5.78 Å². The van der Waals surface area contributed by atoms with Gasteiger partial charge >= 0.3 is 0 Å². The van der Waals surface area contributed by atoms with E-state index in [1.165, 1.54) is 12.1 Å². The monoisotopic (exact) mass is 466 g/mol. The van der Waals surface area contributed by atoms with Crippen LogP contribution in [0.1, 0.15) is 38.2 Å². The van der Waals surface area contributed by atoms with E-state index in [2.05, 4.69) is 11.7 Å². The molecule has 0 radical (unpaired) electrons. The molecule has 34 heavy (non-hydrogen) atoms. The van der Waals surface area contributed by atoms with E-state index < -0.39 is 29.1 Å². The van der Waals surface area contributed by atoms with Crippen LogP contribution in [-0.4, -0.2) is 5.78 Å². The van der Waals surface area contributed by atoms with E-state index in [-0.39, 0.29) is 35.1 Å². The molecule has 0 saturated heterocycles. The fourth-order valence-corrected chi connectivity index (χ4v) is 3.70. The summed E-state index contributed by atoms with van der Waals surface area (Å²) in [4.78, 5) is 13.4.